The number of nitrogens with one attached hydrogen (secondary N) is 2. The van der Waals surface area contributed by atoms with E-state index in [1.54, 1.807) is 19.1 Å². The molecular weight excluding hydrogens is 308 g/mol. The van der Waals surface area contributed by atoms with Crippen LogP contribution in [0.25, 0.3) is 0 Å². The molecule has 0 saturated carbocycles. The lowest BCUT2D eigenvalue weighted by atomic mass is 9.95. The van der Waals surface area contributed by atoms with Gasteiger partial charge >= 0.3 is 0 Å². The molecule has 7 heteroatoms. The van der Waals surface area contributed by atoms with Crippen LogP contribution in [-0.2, 0) is 6.61 Å². The molecule has 2 N–H and O–H groups in total. The average Bonchev–Trinajstić information content (AvgIpc) is 3.01. The maximum absolute atomic E-state index is 12.6. The van der Waals surface area contributed by atoms with E-state index >= 15 is 0 Å². The lowest BCUT2D eigenvalue weighted by Gasteiger charge is -2.30. The summed E-state index contributed by atoms with van der Waals surface area (Å²) < 4.78 is 10.6. The molecule has 0 bridgehead atoms. The van der Waals surface area contributed by atoms with E-state index in [4.69, 9.17) is 9.26 Å². The molecule has 1 aliphatic heterocycles. The van der Waals surface area contributed by atoms with Gasteiger partial charge in [0.25, 0.3) is 5.91 Å². The number of piperidine rings is 1. The molecule has 1 fully saturated rings. The number of benzene rings is 1. The Bertz CT molecular complexity index is 701. The van der Waals surface area contributed by atoms with Gasteiger partial charge in [0.2, 0.25) is 11.7 Å². The van der Waals surface area contributed by atoms with Gasteiger partial charge in [-0.05, 0) is 37.6 Å². The number of ether oxygens (including phenoxy) is 1. The van der Waals surface area contributed by atoms with Gasteiger partial charge in [-0.1, -0.05) is 24.2 Å². The SMILES string of the molecule is Cc1nc(COc2ccccc2C(=O)NC2CCNCC2C)no1. The van der Waals surface area contributed by atoms with Crippen molar-refractivity contribution in [2.45, 2.75) is 32.9 Å². The summed E-state index contributed by atoms with van der Waals surface area (Å²) in [6, 6.07) is 7.37. The van der Waals surface area contributed by atoms with E-state index < -0.39 is 0 Å². The first-order chi connectivity index (χ1) is 11.6. The Kier molecular flexibility index (Phi) is 5.10. The van der Waals surface area contributed by atoms with E-state index in [1.165, 1.54) is 0 Å². The highest BCUT2D eigenvalue weighted by atomic mass is 16.5. The van der Waals surface area contributed by atoms with Crippen molar-refractivity contribution in [3.05, 3.63) is 41.5 Å². The van der Waals surface area contributed by atoms with Gasteiger partial charge in [-0.2, -0.15) is 4.98 Å². The van der Waals surface area contributed by atoms with Crippen LogP contribution >= 0.6 is 0 Å². The predicted molar refractivity (Wildman–Crippen MR) is 87.7 cm³/mol. The number of aromatic nitrogens is 2. The first kappa shape index (κ1) is 16.4. The smallest absolute Gasteiger partial charge is 0.255 e. The zero-order valence-electron chi connectivity index (χ0n) is 13.9. The fourth-order valence-corrected chi connectivity index (χ4v) is 2.80. The number of carbonyl (C=O) groups is 1. The molecular formula is C17H22N4O3. The Morgan fingerprint density at radius 3 is 3.04 bits per heavy atom. The lowest BCUT2D eigenvalue weighted by Crippen LogP contribution is -2.48. The van der Waals surface area contributed by atoms with Crippen LogP contribution in [0.1, 0.15) is 35.4 Å². The minimum absolute atomic E-state index is 0.117. The van der Waals surface area contributed by atoms with Crippen LogP contribution in [0.2, 0.25) is 0 Å². The summed E-state index contributed by atoms with van der Waals surface area (Å²) in [4.78, 5) is 16.7. The fraction of sp³-hybridized carbons (Fsp3) is 0.471. The zero-order chi connectivity index (χ0) is 16.9. The minimum atomic E-state index is -0.117. The fourth-order valence-electron chi connectivity index (χ4n) is 2.80. The minimum Gasteiger partial charge on any atom is -0.485 e. The molecule has 7 nitrogen and oxygen atoms in total. The van der Waals surface area contributed by atoms with E-state index in [0.717, 1.165) is 19.5 Å². The topological polar surface area (TPSA) is 89.3 Å². The van der Waals surface area contributed by atoms with Gasteiger partial charge in [0.1, 0.15) is 5.75 Å². The summed E-state index contributed by atoms with van der Waals surface area (Å²) in [6.07, 6.45) is 0.929. The summed E-state index contributed by atoms with van der Waals surface area (Å²) >= 11 is 0. The third-order valence-corrected chi connectivity index (χ3v) is 4.16. The van der Waals surface area contributed by atoms with E-state index in [0.29, 0.717) is 28.9 Å². The van der Waals surface area contributed by atoms with Crippen molar-refractivity contribution in [2.75, 3.05) is 13.1 Å². The Labute approximate surface area is 140 Å². The number of carbonyl (C=O) groups excluding carboxylic acids is 1. The van der Waals surface area contributed by atoms with Crippen molar-refractivity contribution < 1.29 is 14.1 Å². The Hall–Kier alpha value is -2.41. The number of hydrogen-bond acceptors (Lipinski definition) is 6. The van der Waals surface area contributed by atoms with E-state index in [1.807, 2.05) is 12.1 Å². The number of amides is 1. The van der Waals surface area contributed by atoms with Crippen LogP contribution in [0, 0.1) is 12.8 Å². The van der Waals surface area contributed by atoms with Crippen LogP contribution in [0.15, 0.2) is 28.8 Å². The molecule has 2 atom stereocenters. The normalized spacial score (nSPS) is 20.6. The van der Waals surface area contributed by atoms with Crippen LogP contribution in [0.3, 0.4) is 0 Å². The van der Waals surface area contributed by atoms with Crippen molar-refractivity contribution in [1.82, 2.24) is 20.8 Å². The van der Waals surface area contributed by atoms with Crippen LogP contribution in [0.5, 0.6) is 5.75 Å². The highest BCUT2D eigenvalue weighted by Gasteiger charge is 2.24. The third kappa shape index (κ3) is 3.91. The highest BCUT2D eigenvalue weighted by molar-refractivity contribution is 5.97. The molecule has 1 amide bonds. The molecule has 128 valence electrons. The highest BCUT2D eigenvalue weighted by Crippen LogP contribution is 2.20. The second-order valence-electron chi connectivity index (χ2n) is 6.06. The first-order valence-electron chi connectivity index (χ1n) is 8.16. The van der Waals surface area contributed by atoms with Crippen molar-refractivity contribution in [3.8, 4) is 5.75 Å². The Balaban J connectivity index is 1.67. The molecule has 0 spiro atoms. The maximum atomic E-state index is 12.6. The van der Waals surface area contributed by atoms with Crippen LogP contribution in [-0.4, -0.2) is 35.2 Å². The third-order valence-electron chi connectivity index (χ3n) is 4.16. The van der Waals surface area contributed by atoms with Gasteiger partial charge in [-0.15, -0.1) is 0 Å². The molecule has 1 aromatic heterocycles. The molecule has 1 saturated heterocycles. The molecule has 0 aliphatic carbocycles. The quantitative estimate of drug-likeness (QED) is 0.867. The second-order valence-corrected chi connectivity index (χ2v) is 6.06. The number of rotatable bonds is 5. The molecule has 1 aliphatic rings. The summed E-state index contributed by atoms with van der Waals surface area (Å²) in [6.45, 7) is 5.85. The molecule has 2 unspecified atom stereocenters. The molecule has 2 aromatic rings. The van der Waals surface area contributed by atoms with Crippen LogP contribution < -0.4 is 15.4 Å². The zero-order valence-corrected chi connectivity index (χ0v) is 13.9. The van der Waals surface area contributed by atoms with Gasteiger partial charge in [0, 0.05) is 13.0 Å². The summed E-state index contributed by atoms with van der Waals surface area (Å²) in [5.74, 6) is 1.74. The summed E-state index contributed by atoms with van der Waals surface area (Å²) in [5, 5.41) is 10.2. The van der Waals surface area contributed by atoms with Gasteiger partial charge in [0.05, 0.1) is 5.56 Å². The average molecular weight is 330 g/mol. The molecule has 1 aromatic carbocycles. The number of nitrogens with zero attached hydrogens (tertiary/aromatic N) is 2. The lowest BCUT2D eigenvalue weighted by molar-refractivity contribution is 0.0909. The largest absolute Gasteiger partial charge is 0.485 e. The van der Waals surface area contributed by atoms with Crippen molar-refractivity contribution in [3.63, 3.8) is 0 Å². The molecule has 24 heavy (non-hydrogen) atoms. The monoisotopic (exact) mass is 330 g/mol. The number of aryl methyl sites for hydroxylation is 1. The predicted octanol–water partition coefficient (Wildman–Crippen LogP) is 1.68. The standard InChI is InChI=1S/C17H22N4O3/c1-11-9-18-8-7-14(11)20-17(22)13-5-3-4-6-15(13)23-10-16-19-12(2)24-21-16/h3-6,11,14,18H,7-10H2,1-2H3,(H,20,22). The Morgan fingerprint density at radius 2 is 2.29 bits per heavy atom. The van der Waals surface area contributed by atoms with Gasteiger partial charge in [-0.3, -0.25) is 4.79 Å². The Morgan fingerprint density at radius 1 is 1.46 bits per heavy atom. The molecule has 3 rings (SSSR count). The van der Waals surface area contributed by atoms with Gasteiger partial charge < -0.3 is 19.9 Å². The first-order valence-corrected chi connectivity index (χ1v) is 8.16. The summed E-state index contributed by atoms with van der Waals surface area (Å²) in [7, 11) is 0. The van der Waals surface area contributed by atoms with Gasteiger partial charge in [0.15, 0.2) is 6.61 Å². The molecule has 0 radical (unpaired) electrons. The second kappa shape index (κ2) is 7.44. The van der Waals surface area contributed by atoms with E-state index in [2.05, 4.69) is 27.7 Å². The number of para-hydroxylation sites is 1. The van der Waals surface area contributed by atoms with E-state index in [9.17, 15) is 4.79 Å². The van der Waals surface area contributed by atoms with Crippen LogP contribution in [0.4, 0.5) is 0 Å². The van der Waals surface area contributed by atoms with E-state index in [-0.39, 0.29) is 18.6 Å². The van der Waals surface area contributed by atoms with Gasteiger partial charge in [-0.25, -0.2) is 0 Å². The van der Waals surface area contributed by atoms with Crippen molar-refractivity contribution in [1.29, 1.82) is 0 Å². The summed E-state index contributed by atoms with van der Waals surface area (Å²) in [5.41, 5.74) is 0.517. The molecule has 2 heterocycles. The van der Waals surface area contributed by atoms with Crippen molar-refractivity contribution >= 4 is 5.91 Å². The number of hydrogen-bond donors (Lipinski definition) is 2. The van der Waals surface area contributed by atoms with Crippen molar-refractivity contribution in [2.24, 2.45) is 5.92 Å². The maximum Gasteiger partial charge on any atom is 0.255 e.